The molecule has 1 atom stereocenters. The molecule has 1 fully saturated rings. The van der Waals surface area contributed by atoms with E-state index in [-0.39, 0.29) is 10.9 Å². The number of hydrogen-bond acceptors (Lipinski definition) is 4. The molecule has 1 unspecified atom stereocenters. The number of aryl methyl sites for hydroxylation is 1. The Morgan fingerprint density at radius 3 is 2.80 bits per heavy atom. The predicted molar refractivity (Wildman–Crippen MR) is 81.6 cm³/mol. The van der Waals surface area contributed by atoms with Gasteiger partial charge in [0, 0.05) is 17.1 Å². The van der Waals surface area contributed by atoms with E-state index in [1.807, 2.05) is 6.92 Å². The molecule has 0 bridgehead atoms. The number of rotatable bonds is 4. The van der Waals surface area contributed by atoms with E-state index in [0.717, 1.165) is 29.4 Å². The van der Waals surface area contributed by atoms with Crippen LogP contribution in [-0.2, 0) is 10.0 Å². The molecule has 2 N–H and O–H groups in total. The molecule has 0 amide bonds. The third kappa shape index (κ3) is 3.52. The Morgan fingerprint density at radius 2 is 2.20 bits per heavy atom. The SMILES string of the molecule is COc1cc(C)c(Br)cc1S(=O)(=O)NC1CCCNC1. The summed E-state index contributed by atoms with van der Waals surface area (Å²) in [5.74, 6) is 0.363. The van der Waals surface area contributed by atoms with Gasteiger partial charge in [-0.05, 0) is 44.0 Å². The van der Waals surface area contributed by atoms with Gasteiger partial charge in [0.15, 0.2) is 0 Å². The lowest BCUT2D eigenvalue weighted by atomic mass is 10.1. The van der Waals surface area contributed by atoms with E-state index in [4.69, 9.17) is 4.74 Å². The topological polar surface area (TPSA) is 67.4 Å². The third-order valence-corrected chi connectivity index (χ3v) is 5.75. The highest BCUT2D eigenvalue weighted by atomic mass is 79.9. The Kier molecular flexibility index (Phi) is 5.06. The van der Waals surface area contributed by atoms with Crippen LogP contribution < -0.4 is 14.8 Å². The number of benzene rings is 1. The van der Waals surface area contributed by atoms with Crippen LogP contribution in [0.3, 0.4) is 0 Å². The maximum atomic E-state index is 12.5. The molecule has 7 heteroatoms. The molecule has 112 valence electrons. The van der Waals surface area contributed by atoms with Crippen LogP contribution in [0.5, 0.6) is 5.75 Å². The molecular weight excluding hydrogens is 344 g/mol. The molecule has 1 aliphatic heterocycles. The van der Waals surface area contributed by atoms with Crippen LogP contribution in [0, 0.1) is 6.92 Å². The number of halogens is 1. The molecular formula is C13H19BrN2O3S. The van der Waals surface area contributed by atoms with E-state index in [2.05, 4.69) is 26.0 Å². The number of ether oxygens (including phenoxy) is 1. The molecule has 0 saturated carbocycles. The average molecular weight is 363 g/mol. The molecule has 0 radical (unpaired) electrons. The summed E-state index contributed by atoms with van der Waals surface area (Å²) in [5.41, 5.74) is 0.931. The van der Waals surface area contributed by atoms with Crippen molar-refractivity contribution < 1.29 is 13.2 Å². The number of sulfonamides is 1. The highest BCUT2D eigenvalue weighted by Crippen LogP contribution is 2.30. The summed E-state index contributed by atoms with van der Waals surface area (Å²) in [6.45, 7) is 3.49. The summed E-state index contributed by atoms with van der Waals surface area (Å²) in [6, 6.07) is 3.24. The standard InChI is InChI=1S/C13H19BrN2O3S/c1-9-6-12(19-2)13(7-11(9)14)20(17,18)16-10-4-3-5-15-8-10/h6-7,10,15-16H,3-5,8H2,1-2H3. The van der Waals surface area contributed by atoms with Crippen LogP contribution in [0.1, 0.15) is 18.4 Å². The second-order valence-corrected chi connectivity index (χ2v) is 7.45. The Bertz CT molecular complexity index is 584. The van der Waals surface area contributed by atoms with Crippen molar-refractivity contribution in [3.05, 3.63) is 22.2 Å². The van der Waals surface area contributed by atoms with Gasteiger partial charge in [-0.15, -0.1) is 0 Å². The van der Waals surface area contributed by atoms with Crippen molar-refractivity contribution in [2.24, 2.45) is 0 Å². The van der Waals surface area contributed by atoms with Gasteiger partial charge in [0.25, 0.3) is 0 Å². The van der Waals surface area contributed by atoms with Gasteiger partial charge in [-0.2, -0.15) is 0 Å². The lowest BCUT2D eigenvalue weighted by molar-refractivity contribution is 0.399. The minimum Gasteiger partial charge on any atom is -0.495 e. The van der Waals surface area contributed by atoms with E-state index in [0.29, 0.717) is 12.3 Å². The van der Waals surface area contributed by atoms with Crippen LogP contribution in [-0.4, -0.2) is 34.7 Å². The molecule has 1 saturated heterocycles. The molecule has 1 aromatic rings. The van der Waals surface area contributed by atoms with E-state index in [1.54, 1.807) is 12.1 Å². The molecule has 1 aliphatic rings. The predicted octanol–water partition coefficient (Wildman–Crippen LogP) is 1.80. The lowest BCUT2D eigenvalue weighted by Crippen LogP contribution is -2.45. The number of piperidine rings is 1. The highest BCUT2D eigenvalue weighted by molar-refractivity contribution is 9.10. The van der Waals surface area contributed by atoms with Crippen molar-refractivity contribution in [3.8, 4) is 5.75 Å². The molecule has 5 nitrogen and oxygen atoms in total. The summed E-state index contributed by atoms with van der Waals surface area (Å²) < 4.78 is 33.7. The maximum absolute atomic E-state index is 12.5. The van der Waals surface area contributed by atoms with Gasteiger partial charge < -0.3 is 10.1 Å². The van der Waals surface area contributed by atoms with Crippen molar-refractivity contribution in [3.63, 3.8) is 0 Å². The fraction of sp³-hybridized carbons (Fsp3) is 0.538. The number of hydrogen-bond donors (Lipinski definition) is 2. The van der Waals surface area contributed by atoms with E-state index in [9.17, 15) is 8.42 Å². The first-order chi connectivity index (χ1) is 9.44. The van der Waals surface area contributed by atoms with Gasteiger partial charge in [0.2, 0.25) is 10.0 Å². The molecule has 2 rings (SSSR count). The summed E-state index contributed by atoms with van der Waals surface area (Å²) >= 11 is 3.37. The van der Waals surface area contributed by atoms with Gasteiger partial charge in [-0.1, -0.05) is 15.9 Å². The monoisotopic (exact) mass is 362 g/mol. The second kappa shape index (κ2) is 6.43. The first kappa shape index (κ1) is 15.8. The summed E-state index contributed by atoms with van der Waals surface area (Å²) in [6.07, 6.45) is 1.82. The van der Waals surface area contributed by atoms with Crippen LogP contribution in [0.15, 0.2) is 21.5 Å². The van der Waals surface area contributed by atoms with Crippen LogP contribution in [0.2, 0.25) is 0 Å². The average Bonchev–Trinajstić information content (AvgIpc) is 2.42. The zero-order valence-corrected chi connectivity index (χ0v) is 14.0. The Morgan fingerprint density at radius 1 is 1.45 bits per heavy atom. The zero-order valence-electron chi connectivity index (χ0n) is 11.6. The first-order valence-corrected chi connectivity index (χ1v) is 8.79. The van der Waals surface area contributed by atoms with Crippen molar-refractivity contribution in [2.45, 2.75) is 30.7 Å². The zero-order chi connectivity index (χ0) is 14.8. The van der Waals surface area contributed by atoms with Crippen LogP contribution in [0.25, 0.3) is 0 Å². The second-order valence-electron chi connectivity index (χ2n) is 4.92. The maximum Gasteiger partial charge on any atom is 0.244 e. The fourth-order valence-electron chi connectivity index (χ4n) is 2.24. The first-order valence-electron chi connectivity index (χ1n) is 6.51. The number of methoxy groups -OCH3 is 1. The number of nitrogens with one attached hydrogen (secondary N) is 2. The summed E-state index contributed by atoms with van der Waals surface area (Å²) in [5, 5.41) is 3.19. The Hall–Kier alpha value is -0.630. The minimum absolute atomic E-state index is 0.0708. The normalized spacial score (nSPS) is 19.9. The molecule has 0 aliphatic carbocycles. The molecule has 1 heterocycles. The summed E-state index contributed by atoms with van der Waals surface area (Å²) in [4.78, 5) is 0.169. The molecule has 20 heavy (non-hydrogen) atoms. The Balaban J connectivity index is 2.30. The molecule has 1 aromatic carbocycles. The molecule has 0 spiro atoms. The van der Waals surface area contributed by atoms with Crippen molar-refractivity contribution in [2.75, 3.05) is 20.2 Å². The van der Waals surface area contributed by atoms with E-state index in [1.165, 1.54) is 7.11 Å². The largest absolute Gasteiger partial charge is 0.495 e. The highest BCUT2D eigenvalue weighted by Gasteiger charge is 2.25. The fourth-order valence-corrected chi connectivity index (χ4v) is 4.18. The molecule has 0 aromatic heterocycles. The van der Waals surface area contributed by atoms with Gasteiger partial charge in [0.05, 0.1) is 7.11 Å². The van der Waals surface area contributed by atoms with Gasteiger partial charge in [-0.3, -0.25) is 0 Å². The van der Waals surface area contributed by atoms with E-state index >= 15 is 0 Å². The van der Waals surface area contributed by atoms with Crippen LogP contribution in [0.4, 0.5) is 0 Å². The van der Waals surface area contributed by atoms with Gasteiger partial charge in [0.1, 0.15) is 10.6 Å². The van der Waals surface area contributed by atoms with Crippen molar-refractivity contribution >= 4 is 26.0 Å². The third-order valence-electron chi connectivity index (χ3n) is 3.35. The smallest absolute Gasteiger partial charge is 0.244 e. The van der Waals surface area contributed by atoms with Crippen molar-refractivity contribution in [1.82, 2.24) is 10.0 Å². The van der Waals surface area contributed by atoms with Gasteiger partial charge >= 0.3 is 0 Å². The van der Waals surface area contributed by atoms with E-state index < -0.39 is 10.0 Å². The van der Waals surface area contributed by atoms with Gasteiger partial charge in [-0.25, -0.2) is 13.1 Å². The lowest BCUT2D eigenvalue weighted by Gasteiger charge is -2.24. The Labute approximate surface area is 128 Å². The summed E-state index contributed by atoms with van der Waals surface area (Å²) in [7, 11) is -2.11. The van der Waals surface area contributed by atoms with Crippen LogP contribution >= 0.6 is 15.9 Å². The minimum atomic E-state index is -3.59. The quantitative estimate of drug-likeness (QED) is 0.856. The van der Waals surface area contributed by atoms with Crippen molar-refractivity contribution in [1.29, 1.82) is 0 Å².